The normalized spacial score (nSPS) is 12.7. The Hall–Kier alpha value is -0.100. The van der Waals surface area contributed by atoms with E-state index in [1.165, 1.54) is 109 Å². The van der Waals surface area contributed by atoms with Gasteiger partial charge >= 0.3 is 168 Å². The SMILES string of the molecule is CCCCC(CC)C(=O)O.CCCCCCCCCCCCCC[PH](CCCC)(CCCC)CCCC. The summed E-state index contributed by atoms with van der Waals surface area (Å²) >= 11 is 0. The van der Waals surface area contributed by atoms with Crippen molar-refractivity contribution in [2.45, 2.75) is 183 Å². The molecule has 0 aromatic carbocycles. The van der Waals surface area contributed by atoms with E-state index in [1.54, 1.807) is 31.1 Å². The summed E-state index contributed by atoms with van der Waals surface area (Å²) in [6.07, 6.45) is 36.9. The maximum atomic E-state index is 10.4. The Kier molecular flexibility index (Phi) is 32.1. The second-order valence-electron chi connectivity index (χ2n) is 12.0. The molecule has 0 rings (SSSR count). The summed E-state index contributed by atoms with van der Waals surface area (Å²) in [4.78, 5) is 10.4. The standard InChI is InChI=1S/C26H57P.C8H16O2/c1-5-9-13-14-15-16-17-18-19-20-21-22-26-27(23-10-6-2,24-11-7-3)25-12-8-4;1-3-5-6-7(4-2)8(9)10/h27H,5-26H2,1-4H3;7H,3-6H2,1-2H3,(H,9,10). The summed E-state index contributed by atoms with van der Waals surface area (Å²) in [6, 6.07) is 0. The molecule has 0 aromatic heterocycles. The van der Waals surface area contributed by atoms with Crippen molar-refractivity contribution in [2.24, 2.45) is 5.92 Å². The zero-order valence-corrected chi connectivity index (χ0v) is 27.8. The number of carboxylic acid groups (broad SMARTS) is 1. The second kappa shape index (κ2) is 30.4. The monoisotopic (exact) mass is 545 g/mol. The van der Waals surface area contributed by atoms with Gasteiger partial charge in [0.1, 0.15) is 0 Å². The summed E-state index contributed by atoms with van der Waals surface area (Å²) < 4.78 is 0. The molecule has 1 atom stereocenters. The number of carboxylic acids is 1. The van der Waals surface area contributed by atoms with Crippen LogP contribution >= 0.6 is 7.26 Å². The van der Waals surface area contributed by atoms with Crippen molar-refractivity contribution in [2.75, 3.05) is 24.6 Å². The molecule has 0 fully saturated rings. The molecule has 0 aliphatic carbocycles. The Labute approximate surface area is 236 Å². The molecule has 0 aromatic rings. The molecule has 1 N–H and O–H groups in total. The van der Waals surface area contributed by atoms with Crippen LogP contribution < -0.4 is 0 Å². The Morgan fingerprint density at radius 3 is 1.14 bits per heavy atom. The number of unbranched alkanes of at least 4 members (excludes halogenated alkanes) is 15. The van der Waals surface area contributed by atoms with Crippen molar-refractivity contribution in [3.05, 3.63) is 0 Å². The van der Waals surface area contributed by atoms with Crippen molar-refractivity contribution in [3.63, 3.8) is 0 Å². The van der Waals surface area contributed by atoms with E-state index in [4.69, 9.17) is 5.11 Å². The second-order valence-corrected chi connectivity index (χ2v) is 17.0. The van der Waals surface area contributed by atoms with Crippen LogP contribution in [0, 0.1) is 5.92 Å². The van der Waals surface area contributed by atoms with E-state index in [0.717, 1.165) is 25.7 Å². The van der Waals surface area contributed by atoms with E-state index in [9.17, 15) is 4.79 Å². The van der Waals surface area contributed by atoms with Crippen LogP contribution in [0.4, 0.5) is 0 Å². The number of hydrogen-bond donors (Lipinski definition) is 1. The fourth-order valence-corrected chi connectivity index (χ4v) is 11.5. The van der Waals surface area contributed by atoms with Gasteiger partial charge in [0.15, 0.2) is 0 Å². The predicted octanol–water partition coefficient (Wildman–Crippen LogP) is 12.1. The third kappa shape index (κ3) is 25.9. The van der Waals surface area contributed by atoms with Crippen LogP contribution in [-0.2, 0) is 4.79 Å². The number of aliphatic carboxylic acids is 1. The molecule has 0 heterocycles. The van der Waals surface area contributed by atoms with E-state index in [0.29, 0.717) is 0 Å². The zero-order chi connectivity index (χ0) is 28.0. The van der Waals surface area contributed by atoms with E-state index in [2.05, 4.69) is 34.6 Å². The molecule has 1 unspecified atom stereocenters. The van der Waals surface area contributed by atoms with Gasteiger partial charge < -0.3 is 5.11 Å². The number of rotatable bonds is 27. The van der Waals surface area contributed by atoms with Crippen LogP contribution in [-0.4, -0.2) is 35.7 Å². The first-order valence-electron chi connectivity index (χ1n) is 17.2. The Bertz CT molecular complexity index is 429. The molecule has 3 heteroatoms. The van der Waals surface area contributed by atoms with Crippen molar-refractivity contribution in [1.82, 2.24) is 0 Å². The summed E-state index contributed by atoms with van der Waals surface area (Å²) in [6.45, 7) is 13.5. The average molecular weight is 545 g/mol. The fourth-order valence-electron chi connectivity index (χ4n) is 5.70. The zero-order valence-electron chi connectivity index (χ0n) is 26.8. The van der Waals surface area contributed by atoms with Gasteiger partial charge in [-0.25, -0.2) is 0 Å². The molecule has 0 amide bonds. The first-order valence-corrected chi connectivity index (χ1v) is 20.0. The molecular weight excluding hydrogens is 471 g/mol. The minimum absolute atomic E-state index is 0.111. The third-order valence-electron chi connectivity index (χ3n) is 8.49. The molecule has 37 heavy (non-hydrogen) atoms. The molecule has 2 nitrogen and oxygen atoms in total. The summed E-state index contributed by atoms with van der Waals surface area (Å²) in [5.74, 6) is -0.754. The van der Waals surface area contributed by atoms with Gasteiger partial charge in [0, 0.05) is 0 Å². The first kappa shape index (κ1) is 39.0. The molecule has 226 valence electrons. The molecule has 0 radical (unpaired) electrons. The molecule has 0 saturated carbocycles. The third-order valence-corrected chi connectivity index (χ3v) is 14.1. The average Bonchev–Trinajstić information content (AvgIpc) is 2.90. The van der Waals surface area contributed by atoms with Crippen LogP contribution in [0.15, 0.2) is 0 Å². The Morgan fingerprint density at radius 2 is 0.811 bits per heavy atom. The van der Waals surface area contributed by atoms with Crippen molar-refractivity contribution in [3.8, 4) is 0 Å². The predicted molar refractivity (Wildman–Crippen MR) is 175 cm³/mol. The molecule has 0 bridgehead atoms. The number of carbonyl (C=O) groups is 1. The van der Waals surface area contributed by atoms with Gasteiger partial charge in [0.2, 0.25) is 0 Å². The topological polar surface area (TPSA) is 37.3 Å². The summed E-state index contributed by atoms with van der Waals surface area (Å²) in [5, 5.41) is 8.60. The van der Waals surface area contributed by atoms with Crippen LogP contribution in [0.5, 0.6) is 0 Å². The summed E-state index contributed by atoms with van der Waals surface area (Å²) in [7, 11) is -0.956. The van der Waals surface area contributed by atoms with Crippen LogP contribution in [0.1, 0.15) is 183 Å². The van der Waals surface area contributed by atoms with E-state index < -0.39 is 13.2 Å². The van der Waals surface area contributed by atoms with E-state index in [-0.39, 0.29) is 5.92 Å². The Balaban J connectivity index is 0. The van der Waals surface area contributed by atoms with Crippen LogP contribution in [0.25, 0.3) is 0 Å². The van der Waals surface area contributed by atoms with E-state index >= 15 is 0 Å². The Morgan fingerprint density at radius 1 is 0.486 bits per heavy atom. The first-order chi connectivity index (χ1) is 18.0. The summed E-state index contributed by atoms with van der Waals surface area (Å²) in [5.41, 5.74) is 0. The number of hydrogen-bond acceptors (Lipinski definition) is 1. The van der Waals surface area contributed by atoms with Crippen LogP contribution in [0.2, 0.25) is 0 Å². The molecule has 0 saturated heterocycles. The van der Waals surface area contributed by atoms with Gasteiger partial charge in [-0.15, -0.1) is 0 Å². The van der Waals surface area contributed by atoms with Gasteiger partial charge in [-0.1, -0.05) is 40.0 Å². The van der Waals surface area contributed by atoms with Crippen molar-refractivity contribution < 1.29 is 9.90 Å². The van der Waals surface area contributed by atoms with Gasteiger partial charge in [0.05, 0.1) is 5.92 Å². The van der Waals surface area contributed by atoms with E-state index in [1.807, 2.05) is 6.92 Å². The van der Waals surface area contributed by atoms with Crippen LogP contribution in [0.3, 0.4) is 0 Å². The molecule has 0 aliphatic rings. The molecular formula is C34H73O2P. The van der Waals surface area contributed by atoms with Gasteiger partial charge in [-0.05, 0) is 12.8 Å². The maximum absolute atomic E-state index is 10.4. The van der Waals surface area contributed by atoms with Crippen molar-refractivity contribution in [1.29, 1.82) is 0 Å². The minimum atomic E-state index is -0.956. The van der Waals surface area contributed by atoms with Gasteiger partial charge in [0.25, 0.3) is 0 Å². The molecule has 0 spiro atoms. The van der Waals surface area contributed by atoms with Crippen molar-refractivity contribution >= 4 is 13.2 Å². The quantitative estimate of drug-likeness (QED) is 0.0824. The van der Waals surface area contributed by atoms with Gasteiger partial charge in [-0.3, -0.25) is 4.79 Å². The molecule has 0 aliphatic heterocycles. The van der Waals surface area contributed by atoms with Gasteiger partial charge in [-0.2, -0.15) is 0 Å². The fraction of sp³-hybridized carbons (Fsp3) is 0.971.